The van der Waals surface area contributed by atoms with Gasteiger partial charge in [0.25, 0.3) is 0 Å². The van der Waals surface area contributed by atoms with Gasteiger partial charge in [-0.1, -0.05) is 17.7 Å². The average Bonchev–Trinajstić information content (AvgIpc) is 2.14. The lowest BCUT2D eigenvalue weighted by Crippen LogP contribution is -2.28. The lowest BCUT2D eigenvalue weighted by molar-refractivity contribution is -0.113. The first-order valence-corrected chi connectivity index (χ1v) is 7.00. The highest BCUT2D eigenvalue weighted by atomic mass is 35.5. The molecular formula is C11H15ClN2O2S. The van der Waals surface area contributed by atoms with Gasteiger partial charge in [0, 0.05) is 33.3 Å². The van der Waals surface area contributed by atoms with Crippen molar-refractivity contribution in [1.82, 2.24) is 0 Å². The van der Waals surface area contributed by atoms with E-state index in [1.165, 1.54) is 0 Å². The minimum atomic E-state index is -1.23. The number of nitrogens with two attached hydrogens (primary N) is 1. The van der Waals surface area contributed by atoms with Crippen molar-refractivity contribution in [3.8, 4) is 0 Å². The number of hydrogen-bond donors (Lipinski definition) is 2. The Morgan fingerprint density at radius 2 is 2.29 bits per heavy atom. The average molecular weight is 275 g/mol. The quantitative estimate of drug-likeness (QED) is 0.852. The number of carbonyl (C=O) groups excluding carboxylic acids is 1. The Labute approximate surface area is 108 Å². The molecule has 1 amide bonds. The molecule has 0 aliphatic heterocycles. The summed E-state index contributed by atoms with van der Waals surface area (Å²) < 4.78 is 11.5. The Kier molecular flexibility index (Phi) is 5.61. The van der Waals surface area contributed by atoms with Crippen LogP contribution < -0.4 is 11.1 Å². The summed E-state index contributed by atoms with van der Waals surface area (Å²) in [6.45, 7) is 1.76. The third kappa shape index (κ3) is 5.81. The molecule has 94 valence electrons. The summed E-state index contributed by atoms with van der Waals surface area (Å²) >= 11 is 5.78. The van der Waals surface area contributed by atoms with Crippen LogP contribution in [0.5, 0.6) is 0 Å². The van der Waals surface area contributed by atoms with Crippen LogP contribution in [-0.4, -0.2) is 27.7 Å². The highest BCUT2D eigenvalue weighted by Gasteiger charge is 2.10. The SMILES string of the molecule is CC(N)CS(=O)CC(=O)Nc1cccc(Cl)c1. The predicted octanol–water partition coefficient (Wildman–Crippen LogP) is 1.37. The molecule has 0 bridgehead atoms. The van der Waals surface area contributed by atoms with Gasteiger partial charge in [0.1, 0.15) is 5.75 Å². The molecule has 0 aliphatic rings. The molecule has 3 N–H and O–H groups in total. The molecule has 0 aliphatic carbocycles. The van der Waals surface area contributed by atoms with Crippen molar-refractivity contribution < 1.29 is 9.00 Å². The number of carbonyl (C=O) groups is 1. The molecule has 1 rings (SSSR count). The maximum atomic E-state index is 11.5. The first kappa shape index (κ1) is 14.2. The zero-order valence-electron chi connectivity index (χ0n) is 9.48. The van der Waals surface area contributed by atoms with Gasteiger partial charge in [-0.15, -0.1) is 0 Å². The summed E-state index contributed by atoms with van der Waals surface area (Å²) in [6, 6.07) is 6.63. The van der Waals surface area contributed by atoms with Gasteiger partial charge >= 0.3 is 0 Å². The Hall–Kier alpha value is -0.910. The number of anilines is 1. The topological polar surface area (TPSA) is 72.2 Å². The second-order valence-corrected chi connectivity index (χ2v) is 5.72. The molecule has 0 heterocycles. The molecule has 4 nitrogen and oxygen atoms in total. The molecular weight excluding hydrogens is 260 g/mol. The van der Waals surface area contributed by atoms with Crippen LogP contribution in [0.2, 0.25) is 5.02 Å². The maximum absolute atomic E-state index is 11.5. The van der Waals surface area contributed by atoms with Crippen LogP contribution in [0.1, 0.15) is 6.92 Å². The fourth-order valence-electron chi connectivity index (χ4n) is 1.26. The van der Waals surface area contributed by atoms with Gasteiger partial charge < -0.3 is 11.1 Å². The van der Waals surface area contributed by atoms with Gasteiger partial charge in [-0.3, -0.25) is 9.00 Å². The molecule has 0 aromatic heterocycles. The number of amides is 1. The van der Waals surface area contributed by atoms with Crippen molar-refractivity contribution in [1.29, 1.82) is 0 Å². The lowest BCUT2D eigenvalue weighted by Gasteiger charge is -2.07. The summed E-state index contributed by atoms with van der Waals surface area (Å²) in [5.74, 6) is -0.0249. The zero-order valence-corrected chi connectivity index (χ0v) is 11.1. The number of rotatable bonds is 5. The third-order valence-electron chi connectivity index (χ3n) is 1.85. The first-order valence-electron chi connectivity index (χ1n) is 5.13. The molecule has 0 saturated carbocycles. The zero-order chi connectivity index (χ0) is 12.8. The Morgan fingerprint density at radius 3 is 2.88 bits per heavy atom. The third-order valence-corrected chi connectivity index (χ3v) is 3.57. The van der Waals surface area contributed by atoms with Crippen LogP contribution in [0.3, 0.4) is 0 Å². The van der Waals surface area contributed by atoms with Gasteiger partial charge in [-0.2, -0.15) is 0 Å². The number of hydrogen-bond acceptors (Lipinski definition) is 3. The van der Waals surface area contributed by atoms with Crippen molar-refractivity contribution in [2.75, 3.05) is 16.8 Å². The van der Waals surface area contributed by atoms with E-state index in [0.717, 1.165) is 0 Å². The fraction of sp³-hybridized carbons (Fsp3) is 0.364. The molecule has 0 radical (unpaired) electrons. The smallest absolute Gasteiger partial charge is 0.236 e. The lowest BCUT2D eigenvalue weighted by atomic mass is 10.3. The van der Waals surface area contributed by atoms with Gasteiger partial charge in [0.15, 0.2) is 0 Å². The summed E-state index contributed by atoms with van der Waals surface area (Å²) in [6.07, 6.45) is 0. The summed E-state index contributed by atoms with van der Waals surface area (Å²) in [5.41, 5.74) is 6.10. The summed E-state index contributed by atoms with van der Waals surface area (Å²) in [5, 5.41) is 3.17. The fourth-order valence-corrected chi connectivity index (χ4v) is 2.52. The van der Waals surface area contributed by atoms with E-state index in [1.807, 2.05) is 0 Å². The van der Waals surface area contributed by atoms with Gasteiger partial charge in [0.05, 0.1) is 0 Å². The molecule has 1 aromatic carbocycles. The second kappa shape index (κ2) is 6.74. The highest BCUT2D eigenvalue weighted by molar-refractivity contribution is 7.85. The van der Waals surface area contributed by atoms with Crippen LogP contribution >= 0.6 is 11.6 Å². The van der Waals surface area contributed by atoms with Crippen molar-refractivity contribution in [3.05, 3.63) is 29.3 Å². The molecule has 6 heteroatoms. The molecule has 0 fully saturated rings. The van der Waals surface area contributed by atoms with E-state index < -0.39 is 10.8 Å². The van der Waals surface area contributed by atoms with Crippen molar-refractivity contribution >= 4 is 34.0 Å². The van der Waals surface area contributed by atoms with Crippen molar-refractivity contribution in [3.63, 3.8) is 0 Å². The second-order valence-electron chi connectivity index (χ2n) is 3.79. The summed E-state index contributed by atoms with van der Waals surface area (Å²) in [4.78, 5) is 11.5. The van der Waals surface area contributed by atoms with Crippen molar-refractivity contribution in [2.45, 2.75) is 13.0 Å². The Morgan fingerprint density at radius 1 is 1.59 bits per heavy atom. The molecule has 0 saturated heterocycles. The van der Waals surface area contributed by atoms with E-state index in [1.54, 1.807) is 31.2 Å². The maximum Gasteiger partial charge on any atom is 0.236 e. The molecule has 1 aromatic rings. The minimum absolute atomic E-state index is 0.0476. The number of benzene rings is 1. The normalized spacial score (nSPS) is 14.1. The van der Waals surface area contributed by atoms with Crippen LogP contribution in [0.25, 0.3) is 0 Å². The molecule has 2 atom stereocenters. The van der Waals surface area contributed by atoms with E-state index in [0.29, 0.717) is 16.5 Å². The van der Waals surface area contributed by atoms with Gasteiger partial charge in [-0.25, -0.2) is 0 Å². The number of halogens is 1. The Bertz CT molecular complexity index is 424. The predicted molar refractivity (Wildman–Crippen MR) is 71.6 cm³/mol. The number of nitrogens with one attached hydrogen (secondary N) is 1. The van der Waals surface area contributed by atoms with E-state index in [-0.39, 0.29) is 17.7 Å². The van der Waals surface area contributed by atoms with Gasteiger partial charge in [-0.05, 0) is 25.1 Å². The Balaban J connectivity index is 2.47. The van der Waals surface area contributed by atoms with Crippen LogP contribution in [0.4, 0.5) is 5.69 Å². The van der Waals surface area contributed by atoms with E-state index >= 15 is 0 Å². The van der Waals surface area contributed by atoms with Crippen LogP contribution in [0.15, 0.2) is 24.3 Å². The van der Waals surface area contributed by atoms with E-state index in [2.05, 4.69) is 5.32 Å². The van der Waals surface area contributed by atoms with Crippen LogP contribution in [0, 0.1) is 0 Å². The van der Waals surface area contributed by atoms with Crippen LogP contribution in [-0.2, 0) is 15.6 Å². The molecule has 2 unspecified atom stereocenters. The van der Waals surface area contributed by atoms with E-state index in [9.17, 15) is 9.00 Å². The largest absolute Gasteiger partial charge is 0.327 e. The molecule has 0 spiro atoms. The first-order chi connectivity index (χ1) is 7.97. The van der Waals surface area contributed by atoms with Crippen molar-refractivity contribution in [2.24, 2.45) is 5.73 Å². The molecule has 17 heavy (non-hydrogen) atoms. The standard InChI is InChI=1S/C11H15ClN2O2S/c1-8(13)6-17(16)7-11(15)14-10-4-2-3-9(12)5-10/h2-5,8H,6-7,13H2,1H3,(H,14,15). The minimum Gasteiger partial charge on any atom is -0.327 e. The van der Waals surface area contributed by atoms with Gasteiger partial charge in [0.2, 0.25) is 5.91 Å². The summed E-state index contributed by atoms with van der Waals surface area (Å²) in [7, 11) is -1.23. The highest BCUT2D eigenvalue weighted by Crippen LogP contribution is 2.14. The van der Waals surface area contributed by atoms with E-state index in [4.69, 9.17) is 17.3 Å². The monoisotopic (exact) mass is 274 g/mol.